The fourth-order valence-corrected chi connectivity index (χ4v) is 2.10. The van der Waals surface area contributed by atoms with Crippen LogP contribution in [0.3, 0.4) is 0 Å². The lowest BCUT2D eigenvalue weighted by Crippen LogP contribution is -2.25. The van der Waals surface area contributed by atoms with E-state index >= 15 is 0 Å². The van der Waals surface area contributed by atoms with Gasteiger partial charge < -0.3 is 10.7 Å². The Morgan fingerprint density at radius 2 is 2.27 bits per heavy atom. The standard InChI is InChI=1S/C11H16BrN3/c1-3-9-5-4-6-11(10(9)7-12)14-8(2)15-13/h4-6,14-15H,2-3,7,13H2,1H3. The molecule has 82 valence electrons. The van der Waals surface area contributed by atoms with Gasteiger partial charge in [0, 0.05) is 11.0 Å². The van der Waals surface area contributed by atoms with E-state index < -0.39 is 0 Å². The van der Waals surface area contributed by atoms with Crippen LogP contribution in [0.1, 0.15) is 18.1 Å². The van der Waals surface area contributed by atoms with Crippen molar-refractivity contribution in [2.75, 3.05) is 5.32 Å². The summed E-state index contributed by atoms with van der Waals surface area (Å²) in [5.74, 6) is 5.85. The number of benzene rings is 1. The lowest BCUT2D eigenvalue weighted by atomic mass is 10.0. The Hall–Kier alpha value is -1.000. The molecule has 3 nitrogen and oxygen atoms in total. The van der Waals surface area contributed by atoms with Gasteiger partial charge in [-0.15, -0.1) is 0 Å². The predicted molar refractivity (Wildman–Crippen MR) is 68.5 cm³/mol. The van der Waals surface area contributed by atoms with Crippen molar-refractivity contribution >= 4 is 21.6 Å². The third kappa shape index (κ3) is 2.97. The fraction of sp³-hybridized carbons (Fsp3) is 0.273. The highest BCUT2D eigenvalue weighted by atomic mass is 79.9. The van der Waals surface area contributed by atoms with Gasteiger partial charge in [0.25, 0.3) is 0 Å². The second-order valence-electron chi connectivity index (χ2n) is 3.18. The smallest absolute Gasteiger partial charge is 0.110 e. The van der Waals surface area contributed by atoms with Crippen LogP contribution in [0.25, 0.3) is 0 Å². The average molecular weight is 270 g/mol. The first kappa shape index (κ1) is 12.1. The maximum absolute atomic E-state index is 5.26. The summed E-state index contributed by atoms with van der Waals surface area (Å²) < 4.78 is 0. The summed E-state index contributed by atoms with van der Waals surface area (Å²) in [7, 11) is 0. The minimum absolute atomic E-state index is 0.588. The lowest BCUT2D eigenvalue weighted by molar-refractivity contribution is 0.896. The number of nitrogens with one attached hydrogen (secondary N) is 2. The zero-order valence-electron chi connectivity index (χ0n) is 8.81. The first-order chi connectivity index (χ1) is 7.22. The van der Waals surface area contributed by atoms with Gasteiger partial charge in [-0.1, -0.05) is 41.6 Å². The van der Waals surface area contributed by atoms with Crippen molar-refractivity contribution in [3.8, 4) is 0 Å². The molecule has 0 atom stereocenters. The van der Waals surface area contributed by atoms with Gasteiger partial charge in [0.15, 0.2) is 0 Å². The van der Waals surface area contributed by atoms with Gasteiger partial charge in [-0.05, 0) is 23.6 Å². The van der Waals surface area contributed by atoms with Crippen molar-refractivity contribution in [1.82, 2.24) is 5.43 Å². The highest BCUT2D eigenvalue weighted by Gasteiger charge is 2.05. The minimum atomic E-state index is 0.588. The van der Waals surface area contributed by atoms with Gasteiger partial charge in [0.05, 0.1) is 0 Å². The van der Waals surface area contributed by atoms with E-state index in [1.165, 1.54) is 11.1 Å². The molecule has 0 aliphatic rings. The Labute approximate surface area is 98.8 Å². The zero-order valence-corrected chi connectivity index (χ0v) is 10.4. The van der Waals surface area contributed by atoms with Crippen LogP contribution in [0.4, 0.5) is 5.69 Å². The number of anilines is 1. The molecule has 0 saturated heterocycles. The number of rotatable bonds is 5. The van der Waals surface area contributed by atoms with Crippen molar-refractivity contribution in [3.63, 3.8) is 0 Å². The molecule has 4 N–H and O–H groups in total. The Balaban J connectivity index is 3.00. The van der Waals surface area contributed by atoms with Crippen molar-refractivity contribution in [2.45, 2.75) is 18.7 Å². The maximum atomic E-state index is 5.26. The number of hydrogen-bond acceptors (Lipinski definition) is 3. The van der Waals surface area contributed by atoms with Crippen LogP contribution in [-0.2, 0) is 11.8 Å². The van der Waals surface area contributed by atoms with E-state index in [0.29, 0.717) is 5.82 Å². The summed E-state index contributed by atoms with van der Waals surface area (Å²) in [5, 5.41) is 3.94. The molecule has 0 bridgehead atoms. The molecule has 0 saturated carbocycles. The predicted octanol–water partition coefficient (Wildman–Crippen LogP) is 2.49. The molecule has 0 fully saturated rings. The number of alkyl halides is 1. The molecular weight excluding hydrogens is 254 g/mol. The number of hydrazine groups is 1. The second-order valence-corrected chi connectivity index (χ2v) is 3.74. The van der Waals surface area contributed by atoms with E-state index in [4.69, 9.17) is 5.84 Å². The van der Waals surface area contributed by atoms with E-state index in [0.717, 1.165) is 17.4 Å². The lowest BCUT2D eigenvalue weighted by Gasteiger charge is -2.14. The molecule has 4 heteroatoms. The van der Waals surface area contributed by atoms with Gasteiger partial charge in [-0.3, -0.25) is 0 Å². The fourth-order valence-electron chi connectivity index (χ4n) is 1.44. The van der Waals surface area contributed by atoms with Gasteiger partial charge in [-0.25, -0.2) is 5.84 Å². The van der Waals surface area contributed by atoms with Crippen molar-refractivity contribution in [2.24, 2.45) is 5.84 Å². The number of nitrogens with two attached hydrogens (primary N) is 1. The number of halogens is 1. The summed E-state index contributed by atoms with van der Waals surface area (Å²) in [6.45, 7) is 5.88. The third-order valence-corrected chi connectivity index (χ3v) is 2.81. The molecule has 0 unspecified atom stereocenters. The summed E-state index contributed by atoms with van der Waals surface area (Å²) in [5.41, 5.74) is 6.09. The van der Waals surface area contributed by atoms with Crippen molar-refractivity contribution in [1.29, 1.82) is 0 Å². The van der Waals surface area contributed by atoms with Crippen LogP contribution in [-0.4, -0.2) is 0 Å². The molecule has 1 rings (SSSR count). The van der Waals surface area contributed by atoms with Crippen molar-refractivity contribution in [3.05, 3.63) is 41.7 Å². The quantitative estimate of drug-likeness (QED) is 0.437. The Morgan fingerprint density at radius 3 is 2.80 bits per heavy atom. The maximum Gasteiger partial charge on any atom is 0.110 e. The van der Waals surface area contributed by atoms with Gasteiger partial charge in [0.1, 0.15) is 5.82 Å². The normalized spacial score (nSPS) is 9.80. The average Bonchev–Trinajstić information content (AvgIpc) is 2.28. The van der Waals surface area contributed by atoms with Gasteiger partial charge in [0.2, 0.25) is 0 Å². The monoisotopic (exact) mass is 269 g/mol. The molecule has 0 aliphatic carbocycles. The summed E-state index contributed by atoms with van der Waals surface area (Å²) in [4.78, 5) is 0. The number of hydrogen-bond donors (Lipinski definition) is 3. The van der Waals surface area contributed by atoms with Crippen LogP contribution in [0.15, 0.2) is 30.6 Å². The van der Waals surface area contributed by atoms with E-state index in [2.05, 4.69) is 46.2 Å². The van der Waals surface area contributed by atoms with E-state index in [-0.39, 0.29) is 0 Å². The summed E-state index contributed by atoms with van der Waals surface area (Å²) >= 11 is 3.49. The van der Waals surface area contributed by atoms with Crippen LogP contribution in [0.5, 0.6) is 0 Å². The van der Waals surface area contributed by atoms with Gasteiger partial charge in [-0.2, -0.15) is 0 Å². The largest absolute Gasteiger partial charge is 0.341 e. The van der Waals surface area contributed by atoms with E-state index in [1.807, 2.05) is 12.1 Å². The Bertz CT molecular complexity index is 350. The zero-order chi connectivity index (χ0) is 11.3. The van der Waals surface area contributed by atoms with Crippen LogP contribution in [0.2, 0.25) is 0 Å². The van der Waals surface area contributed by atoms with Crippen LogP contribution < -0.4 is 16.6 Å². The SMILES string of the molecule is C=C(NN)Nc1cccc(CC)c1CBr. The topological polar surface area (TPSA) is 50.1 Å². The summed E-state index contributed by atoms with van der Waals surface area (Å²) in [6.07, 6.45) is 1.01. The molecule has 1 aromatic carbocycles. The summed E-state index contributed by atoms with van der Waals surface area (Å²) in [6, 6.07) is 6.16. The van der Waals surface area contributed by atoms with Gasteiger partial charge >= 0.3 is 0 Å². The molecule has 0 aliphatic heterocycles. The van der Waals surface area contributed by atoms with E-state index in [1.54, 1.807) is 0 Å². The highest BCUT2D eigenvalue weighted by molar-refractivity contribution is 9.08. The molecular formula is C11H16BrN3. The second kappa shape index (κ2) is 5.78. The number of aryl methyl sites for hydroxylation is 1. The molecule has 0 spiro atoms. The molecule has 0 heterocycles. The molecule has 0 aromatic heterocycles. The molecule has 1 aromatic rings. The Morgan fingerprint density at radius 1 is 1.53 bits per heavy atom. The van der Waals surface area contributed by atoms with Crippen LogP contribution in [0, 0.1) is 0 Å². The third-order valence-electron chi connectivity index (χ3n) is 2.25. The molecule has 0 radical (unpaired) electrons. The molecule has 0 amide bonds. The van der Waals surface area contributed by atoms with Crippen LogP contribution >= 0.6 is 15.9 Å². The first-order valence-electron chi connectivity index (χ1n) is 4.82. The first-order valence-corrected chi connectivity index (χ1v) is 5.94. The van der Waals surface area contributed by atoms with E-state index in [9.17, 15) is 0 Å². The Kier molecular flexibility index (Phi) is 4.65. The molecule has 15 heavy (non-hydrogen) atoms. The van der Waals surface area contributed by atoms with Crippen molar-refractivity contribution < 1.29 is 0 Å². The highest BCUT2D eigenvalue weighted by Crippen LogP contribution is 2.23. The minimum Gasteiger partial charge on any atom is -0.341 e.